The average molecular weight is 336 g/mol. The third-order valence-electron chi connectivity index (χ3n) is 5.22. The quantitative estimate of drug-likeness (QED) is 0.709. The van der Waals surface area contributed by atoms with Gasteiger partial charge in [0.15, 0.2) is 5.69 Å². The minimum Gasteiger partial charge on any atom is -0.390 e. The molecule has 24 heavy (non-hydrogen) atoms. The molecule has 1 aliphatic heterocycles. The largest absolute Gasteiger partial charge is 0.390 e. The van der Waals surface area contributed by atoms with Crippen LogP contribution in [0.1, 0.15) is 56.1 Å². The molecule has 1 saturated heterocycles. The summed E-state index contributed by atoms with van der Waals surface area (Å²) < 4.78 is 1.78. The molecular formula is C16H28N6O2. The highest BCUT2D eigenvalue weighted by molar-refractivity contribution is 5.92. The molecule has 1 amide bonds. The number of aromatic nitrogens is 3. The zero-order valence-corrected chi connectivity index (χ0v) is 14.4. The molecule has 2 fully saturated rings. The molecule has 8 nitrogen and oxygen atoms in total. The fourth-order valence-corrected chi connectivity index (χ4v) is 3.55. The van der Waals surface area contributed by atoms with Crippen molar-refractivity contribution in [1.82, 2.24) is 25.2 Å². The lowest BCUT2D eigenvalue weighted by Crippen LogP contribution is -2.43. The molecule has 8 heteroatoms. The van der Waals surface area contributed by atoms with Gasteiger partial charge in [0.2, 0.25) is 0 Å². The SMILES string of the molecule is CC(C)N1C[C@@H](O)[C@H](NC(=O)c2cn(C3CCC(N)CC3)nn2)C1. The fourth-order valence-electron chi connectivity index (χ4n) is 3.55. The molecule has 2 atom stereocenters. The van der Waals surface area contributed by atoms with Crippen LogP contribution in [-0.4, -0.2) is 68.2 Å². The maximum Gasteiger partial charge on any atom is 0.273 e. The van der Waals surface area contributed by atoms with Gasteiger partial charge in [-0.1, -0.05) is 5.21 Å². The lowest BCUT2D eigenvalue weighted by atomic mass is 9.92. The van der Waals surface area contributed by atoms with Crippen molar-refractivity contribution in [3.05, 3.63) is 11.9 Å². The molecule has 1 saturated carbocycles. The Morgan fingerprint density at radius 3 is 2.67 bits per heavy atom. The molecule has 0 spiro atoms. The van der Waals surface area contributed by atoms with E-state index < -0.39 is 6.10 Å². The maximum absolute atomic E-state index is 12.4. The highest BCUT2D eigenvalue weighted by Gasteiger charge is 2.34. The molecule has 1 aliphatic carbocycles. The van der Waals surface area contributed by atoms with E-state index in [1.807, 2.05) is 0 Å². The first-order chi connectivity index (χ1) is 11.4. The zero-order chi connectivity index (χ0) is 17.3. The van der Waals surface area contributed by atoms with Gasteiger partial charge in [-0.3, -0.25) is 9.69 Å². The summed E-state index contributed by atoms with van der Waals surface area (Å²) >= 11 is 0. The number of carbonyl (C=O) groups is 1. The lowest BCUT2D eigenvalue weighted by Gasteiger charge is -2.25. The summed E-state index contributed by atoms with van der Waals surface area (Å²) in [5.41, 5.74) is 6.23. The topological polar surface area (TPSA) is 109 Å². The molecular weight excluding hydrogens is 308 g/mol. The summed E-state index contributed by atoms with van der Waals surface area (Å²) in [5.74, 6) is -0.275. The van der Waals surface area contributed by atoms with E-state index in [2.05, 4.69) is 34.4 Å². The van der Waals surface area contributed by atoms with Crippen LogP contribution in [0.25, 0.3) is 0 Å². The fraction of sp³-hybridized carbons (Fsp3) is 0.812. The number of nitrogens with one attached hydrogen (secondary N) is 1. The molecule has 0 aromatic carbocycles. The van der Waals surface area contributed by atoms with Crippen molar-refractivity contribution in [2.24, 2.45) is 5.73 Å². The molecule has 3 rings (SSSR count). The van der Waals surface area contributed by atoms with E-state index in [0.29, 0.717) is 24.8 Å². The van der Waals surface area contributed by atoms with Crippen LogP contribution in [0.4, 0.5) is 0 Å². The van der Waals surface area contributed by atoms with Gasteiger partial charge in [-0.05, 0) is 39.5 Å². The average Bonchev–Trinajstić information content (AvgIpc) is 3.16. The lowest BCUT2D eigenvalue weighted by molar-refractivity contribution is 0.0883. The van der Waals surface area contributed by atoms with Gasteiger partial charge < -0.3 is 16.2 Å². The van der Waals surface area contributed by atoms with Gasteiger partial charge in [0, 0.05) is 25.2 Å². The first-order valence-electron chi connectivity index (χ1n) is 8.84. The Hall–Kier alpha value is -1.51. The molecule has 1 aromatic heterocycles. The minimum atomic E-state index is -0.550. The third-order valence-corrected chi connectivity index (χ3v) is 5.22. The van der Waals surface area contributed by atoms with Crippen LogP contribution in [-0.2, 0) is 0 Å². The van der Waals surface area contributed by atoms with Crippen LogP contribution in [0.15, 0.2) is 6.20 Å². The Labute approximate surface area is 142 Å². The maximum atomic E-state index is 12.4. The van der Waals surface area contributed by atoms with E-state index in [1.54, 1.807) is 10.9 Å². The smallest absolute Gasteiger partial charge is 0.273 e. The predicted molar refractivity (Wildman–Crippen MR) is 89.5 cm³/mol. The van der Waals surface area contributed by atoms with E-state index in [-0.39, 0.29) is 24.0 Å². The molecule has 0 bridgehead atoms. The van der Waals surface area contributed by atoms with Crippen molar-refractivity contribution in [3.8, 4) is 0 Å². The Balaban J connectivity index is 1.58. The summed E-state index contributed by atoms with van der Waals surface area (Å²) in [5, 5.41) is 21.1. The van der Waals surface area contributed by atoms with Crippen LogP contribution >= 0.6 is 0 Å². The first-order valence-corrected chi connectivity index (χ1v) is 8.84. The molecule has 134 valence electrons. The van der Waals surface area contributed by atoms with Crippen LogP contribution in [0.5, 0.6) is 0 Å². The van der Waals surface area contributed by atoms with E-state index in [0.717, 1.165) is 25.7 Å². The van der Waals surface area contributed by atoms with Crippen molar-refractivity contribution < 1.29 is 9.90 Å². The molecule has 2 aliphatic rings. The summed E-state index contributed by atoms with van der Waals surface area (Å²) in [7, 11) is 0. The Kier molecular flexibility index (Phi) is 5.17. The van der Waals surface area contributed by atoms with Crippen LogP contribution in [0.3, 0.4) is 0 Å². The van der Waals surface area contributed by atoms with E-state index >= 15 is 0 Å². The number of amides is 1. The van der Waals surface area contributed by atoms with Gasteiger partial charge in [-0.25, -0.2) is 4.68 Å². The number of β-amino-alcohol motifs (C(OH)–C–C–N with tert-alkyl or cyclic N) is 1. The second-order valence-corrected chi connectivity index (χ2v) is 7.35. The molecule has 1 aromatic rings. The number of carbonyl (C=O) groups excluding carboxylic acids is 1. The normalized spacial score (nSPS) is 31.5. The standard InChI is InChI=1S/C16H28N6O2/c1-10(2)21-7-13(15(23)9-21)18-16(24)14-8-22(20-19-14)12-5-3-11(17)4-6-12/h8,10-13,15,23H,3-7,9,17H2,1-2H3,(H,18,24)/t11?,12?,13-,15-/m1/s1. The number of hydrogen-bond donors (Lipinski definition) is 3. The van der Waals surface area contributed by atoms with Gasteiger partial charge in [-0.2, -0.15) is 0 Å². The minimum absolute atomic E-state index is 0.266. The first kappa shape index (κ1) is 17.3. The van der Waals surface area contributed by atoms with Crippen LogP contribution in [0, 0.1) is 0 Å². The second-order valence-electron chi connectivity index (χ2n) is 7.35. The third kappa shape index (κ3) is 3.76. The highest BCUT2D eigenvalue weighted by atomic mass is 16.3. The molecule has 2 heterocycles. The predicted octanol–water partition coefficient (Wildman–Crippen LogP) is -0.0962. The van der Waals surface area contributed by atoms with Gasteiger partial charge in [0.05, 0.1) is 24.4 Å². The van der Waals surface area contributed by atoms with E-state index in [1.165, 1.54) is 0 Å². The number of nitrogens with zero attached hydrogens (tertiary/aromatic N) is 4. The van der Waals surface area contributed by atoms with Gasteiger partial charge in [0.1, 0.15) is 0 Å². The van der Waals surface area contributed by atoms with E-state index in [9.17, 15) is 9.90 Å². The molecule has 0 radical (unpaired) electrons. The van der Waals surface area contributed by atoms with Crippen molar-refractivity contribution in [3.63, 3.8) is 0 Å². The van der Waals surface area contributed by atoms with Crippen LogP contribution < -0.4 is 11.1 Å². The number of nitrogens with two attached hydrogens (primary N) is 1. The zero-order valence-electron chi connectivity index (χ0n) is 14.4. The van der Waals surface area contributed by atoms with Crippen LogP contribution in [0.2, 0.25) is 0 Å². The number of aliphatic hydroxyl groups excluding tert-OH is 1. The Bertz CT molecular complexity index is 567. The molecule has 4 N–H and O–H groups in total. The van der Waals surface area contributed by atoms with Crippen molar-refractivity contribution in [1.29, 1.82) is 0 Å². The molecule has 0 unspecified atom stereocenters. The summed E-state index contributed by atoms with van der Waals surface area (Å²) in [4.78, 5) is 14.5. The number of hydrogen-bond acceptors (Lipinski definition) is 6. The van der Waals surface area contributed by atoms with Crippen molar-refractivity contribution >= 4 is 5.91 Å². The number of rotatable bonds is 4. The number of aliphatic hydroxyl groups is 1. The monoisotopic (exact) mass is 336 g/mol. The summed E-state index contributed by atoms with van der Waals surface area (Å²) in [6.45, 7) is 5.40. The van der Waals surface area contributed by atoms with Gasteiger partial charge >= 0.3 is 0 Å². The van der Waals surface area contributed by atoms with Crippen molar-refractivity contribution in [2.75, 3.05) is 13.1 Å². The van der Waals surface area contributed by atoms with Gasteiger partial charge in [-0.15, -0.1) is 5.10 Å². The number of likely N-dealkylation sites (tertiary alicyclic amines) is 1. The van der Waals surface area contributed by atoms with Gasteiger partial charge in [0.25, 0.3) is 5.91 Å². The van der Waals surface area contributed by atoms with E-state index in [4.69, 9.17) is 5.73 Å². The van der Waals surface area contributed by atoms with Crippen molar-refractivity contribution in [2.45, 2.75) is 69.8 Å². The Morgan fingerprint density at radius 2 is 2.04 bits per heavy atom. The highest BCUT2D eigenvalue weighted by Crippen LogP contribution is 2.26. The second kappa shape index (κ2) is 7.16. The summed E-state index contributed by atoms with van der Waals surface area (Å²) in [6, 6.07) is 0.630. The summed E-state index contributed by atoms with van der Waals surface area (Å²) in [6.07, 6.45) is 5.05. The Morgan fingerprint density at radius 1 is 1.33 bits per heavy atom.